The van der Waals surface area contributed by atoms with Crippen LogP contribution in [0.15, 0.2) is 29.3 Å². The monoisotopic (exact) mass is 310 g/mol. The van der Waals surface area contributed by atoms with E-state index < -0.39 is 0 Å². The summed E-state index contributed by atoms with van der Waals surface area (Å²) >= 11 is 0. The van der Waals surface area contributed by atoms with Gasteiger partial charge in [-0.25, -0.2) is 4.39 Å². The molecule has 2 N–H and O–H groups in total. The first kappa shape index (κ1) is 18.2. The molecular weight excluding hydrogens is 283 g/mol. The first-order chi connectivity index (χ1) is 10.5. The van der Waals surface area contributed by atoms with Crippen molar-refractivity contribution in [2.45, 2.75) is 19.4 Å². The Balaban J connectivity index is 2.27. The van der Waals surface area contributed by atoms with Crippen LogP contribution in [0, 0.1) is 5.82 Å². The summed E-state index contributed by atoms with van der Waals surface area (Å²) in [4.78, 5) is 6.31. The van der Waals surface area contributed by atoms with Gasteiger partial charge in [-0.1, -0.05) is 6.07 Å². The van der Waals surface area contributed by atoms with Crippen LogP contribution in [-0.2, 0) is 0 Å². The predicted molar refractivity (Wildman–Crippen MR) is 89.0 cm³/mol. The summed E-state index contributed by atoms with van der Waals surface area (Å²) < 4.78 is 18.7. The van der Waals surface area contributed by atoms with Gasteiger partial charge in [0, 0.05) is 19.7 Å². The molecule has 6 heteroatoms. The van der Waals surface area contributed by atoms with Crippen LogP contribution in [0.25, 0.3) is 0 Å². The van der Waals surface area contributed by atoms with E-state index in [9.17, 15) is 4.39 Å². The zero-order valence-corrected chi connectivity index (χ0v) is 13.9. The highest BCUT2D eigenvalue weighted by molar-refractivity contribution is 5.79. The Morgan fingerprint density at radius 3 is 2.77 bits per heavy atom. The fourth-order valence-corrected chi connectivity index (χ4v) is 1.88. The maximum absolute atomic E-state index is 13.1. The number of nitrogens with one attached hydrogen (secondary N) is 2. The zero-order valence-electron chi connectivity index (χ0n) is 13.9. The highest BCUT2D eigenvalue weighted by Gasteiger charge is 2.06. The molecule has 0 aliphatic rings. The molecule has 0 radical (unpaired) electrons. The van der Waals surface area contributed by atoms with Gasteiger partial charge in [0.15, 0.2) is 5.96 Å². The SMILES string of the molecule is CN=C(NCCCN(C)C)NCC(C)Oc1cccc(F)c1. The lowest BCUT2D eigenvalue weighted by Gasteiger charge is -2.18. The second-order valence-corrected chi connectivity index (χ2v) is 5.42. The smallest absolute Gasteiger partial charge is 0.191 e. The molecule has 22 heavy (non-hydrogen) atoms. The number of halogens is 1. The quantitative estimate of drug-likeness (QED) is 0.436. The van der Waals surface area contributed by atoms with E-state index in [1.165, 1.54) is 12.1 Å². The molecule has 0 aromatic heterocycles. The first-order valence-electron chi connectivity index (χ1n) is 7.52. The van der Waals surface area contributed by atoms with E-state index in [-0.39, 0.29) is 11.9 Å². The van der Waals surface area contributed by atoms with Crippen molar-refractivity contribution in [3.05, 3.63) is 30.1 Å². The third kappa shape index (κ3) is 7.83. The van der Waals surface area contributed by atoms with Crippen molar-refractivity contribution < 1.29 is 9.13 Å². The van der Waals surface area contributed by atoms with E-state index in [0.717, 1.165) is 25.5 Å². The molecule has 5 nitrogen and oxygen atoms in total. The van der Waals surface area contributed by atoms with E-state index in [0.29, 0.717) is 12.3 Å². The Hall–Kier alpha value is -1.82. The van der Waals surface area contributed by atoms with E-state index in [1.807, 2.05) is 6.92 Å². The number of rotatable bonds is 8. The first-order valence-corrected chi connectivity index (χ1v) is 7.52. The molecule has 0 aliphatic heterocycles. The second kappa shape index (κ2) is 10.00. The average molecular weight is 310 g/mol. The van der Waals surface area contributed by atoms with Crippen molar-refractivity contribution in [1.29, 1.82) is 0 Å². The zero-order chi connectivity index (χ0) is 16.4. The second-order valence-electron chi connectivity index (χ2n) is 5.42. The van der Waals surface area contributed by atoms with Crippen molar-refractivity contribution in [1.82, 2.24) is 15.5 Å². The van der Waals surface area contributed by atoms with Crippen LogP contribution >= 0.6 is 0 Å². The van der Waals surface area contributed by atoms with Gasteiger partial charge in [-0.2, -0.15) is 0 Å². The number of ether oxygens (including phenoxy) is 1. The summed E-state index contributed by atoms with van der Waals surface area (Å²) in [6, 6.07) is 6.16. The molecule has 0 bridgehead atoms. The third-order valence-corrected chi connectivity index (χ3v) is 2.99. The van der Waals surface area contributed by atoms with E-state index in [1.54, 1.807) is 19.2 Å². The van der Waals surface area contributed by atoms with Crippen LogP contribution in [0.1, 0.15) is 13.3 Å². The summed E-state index contributed by atoms with van der Waals surface area (Å²) in [7, 11) is 5.84. The fraction of sp³-hybridized carbons (Fsp3) is 0.562. The van der Waals surface area contributed by atoms with Crippen molar-refractivity contribution in [3.63, 3.8) is 0 Å². The molecule has 1 atom stereocenters. The summed E-state index contributed by atoms with van der Waals surface area (Å²) in [5.74, 6) is 0.979. The van der Waals surface area contributed by atoms with Crippen LogP contribution in [0.3, 0.4) is 0 Å². The molecule has 124 valence electrons. The summed E-state index contributed by atoms with van der Waals surface area (Å²) in [5.41, 5.74) is 0. The van der Waals surface area contributed by atoms with Crippen LogP contribution < -0.4 is 15.4 Å². The molecule has 0 saturated carbocycles. The van der Waals surface area contributed by atoms with Gasteiger partial charge >= 0.3 is 0 Å². The lowest BCUT2D eigenvalue weighted by molar-refractivity contribution is 0.223. The maximum Gasteiger partial charge on any atom is 0.191 e. The molecule has 1 rings (SSSR count). The number of guanidine groups is 1. The standard InChI is InChI=1S/C16H27FN4O/c1-13(22-15-8-5-7-14(17)11-15)12-20-16(18-2)19-9-6-10-21(3)4/h5,7-8,11,13H,6,9-10,12H2,1-4H3,(H2,18,19,20). The minimum Gasteiger partial charge on any atom is -0.489 e. The topological polar surface area (TPSA) is 48.9 Å². The molecule has 0 spiro atoms. The van der Waals surface area contributed by atoms with Gasteiger partial charge in [0.1, 0.15) is 17.7 Å². The highest BCUT2D eigenvalue weighted by atomic mass is 19.1. The molecule has 0 heterocycles. The number of nitrogens with zero attached hydrogens (tertiary/aromatic N) is 2. The van der Waals surface area contributed by atoms with Gasteiger partial charge in [0.25, 0.3) is 0 Å². The molecule has 0 aliphatic carbocycles. The van der Waals surface area contributed by atoms with Gasteiger partial charge in [0.05, 0.1) is 6.54 Å². The number of benzene rings is 1. The fourth-order valence-electron chi connectivity index (χ4n) is 1.88. The summed E-state index contributed by atoms with van der Waals surface area (Å²) in [6.07, 6.45) is 0.949. The van der Waals surface area contributed by atoms with Crippen molar-refractivity contribution >= 4 is 5.96 Å². The minimum absolute atomic E-state index is 0.0953. The van der Waals surface area contributed by atoms with Gasteiger partial charge in [-0.15, -0.1) is 0 Å². The third-order valence-electron chi connectivity index (χ3n) is 2.99. The molecule has 0 fully saturated rings. The Labute approximate surface area is 132 Å². The Kier molecular flexibility index (Phi) is 8.28. The molecule has 1 aromatic rings. The van der Waals surface area contributed by atoms with Crippen LogP contribution in [0.2, 0.25) is 0 Å². The van der Waals surface area contributed by atoms with E-state index in [2.05, 4.69) is 34.6 Å². The van der Waals surface area contributed by atoms with Crippen molar-refractivity contribution in [2.75, 3.05) is 40.8 Å². The van der Waals surface area contributed by atoms with Crippen LogP contribution in [-0.4, -0.2) is 57.7 Å². The number of aliphatic imine (C=N–C) groups is 1. The van der Waals surface area contributed by atoms with Gasteiger partial charge in [-0.3, -0.25) is 4.99 Å². The molecule has 0 amide bonds. The van der Waals surface area contributed by atoms with E-state index in [4.69, 9.17) is 4.74 Å². The maximum atomic E-state index is 13.1. The van der Waals surface area contributed by atoms with E-state index >= 15 is 0 Å². The van der Waals surface area contributed by atoms with Crippen LogP contribution in [0.4, 0.5) is 4.39 Å². The minimum atomic E-state index is -0.295. The largest absolute Gasteiger partial charge is 0.489 e. The molecular formula is C16H27FN4O. The molecule has 1 unspecified atom stereocenters. The Bertz CT molecular complexity index is 465. The molecule has 0 saturated heterocycles. The lowest BCUT2D eigenvalue weighted by atomic mass is 10.3. The van der Waals surface area contributed by atoms with Gasteiger partial charge in [0.2, 0.25) is 0 Å². The number of hydrogen-bond donors (Lipinski definition) is 2. The lowest BCUT2D eigenvalue weighted by Crippen LogP contribution is -2.42. The van der Waals surface area contributed by atoms with Crippen LogP contribution in [0.5, 0.6) is 5.75 Å². The van der Waals surface area contributed by atoms with Gasteiger partial charge < -0.3 is 20.3 Å². The van der Waals surface area contributed by atoms with Crippen molar-refractivity contribution in [2.24, 2.45) is 4.99 Å². The Morgan fingerprint density at radius 1 is 1.36 bits per heavy atom. The highest BCUT2D eigenvalue weighted by Crippen LogP contribution is 2.13. The molecule has 1 aromatic carbocycles. The van der Waals surface area contributed by atoms with Gasteiger partial charge in [-0.05, 0) is 46.1 Å². The Morgan fingerprint density at radius 2 is 2.14 bits per heavy atom. The predicted octanol–water partition coefficient (Wildman–Crippen LogP) is 1.71. The average Bonchev–Trinajstić information content (AvgIpc) is 2.46. The van der Waals surface area contributed by atoms with Crippen molar-refractivity contribution in [3.8, 4) is 5.75 Å². The number of hydrogen-bond acceptors (Lipinski definition) is 3. The summed E-state index contributed by atoms with van der Waals surface area (Å²) in [5, 5.41) is 6.45. The normalized spacial score (nSPS) is 13.1. The summed E-state index contributed by atoms with van der Waals surface area (Å²) in [6.45, 7) is 4.40.